The summed E-state index contributed by atoms with van der Waals surface area (Å²) in [6, 6.07) is 1.74. The Kier molecular flexibility index (Phi) is 4.47. The van der Waals surface area contributed by atoms with Gasteiger partial charge < -0.3 is 4.90 Å². The van der Waals surface area contributed by atoms with E-state index < -0.39 is 23.3 Å². The first-order chi connectivity index (χ1) is 9.56. The summed E-state index contributed by atoms with van der Waals surface area (Å²) in [5.74, 6) is -3.59. The Bertz CT molecular complexity index is 543. The number of nitrogens with zero attached hydrogens (tertiary/aromatic N) is 1. The van der Waals surface area contributed by atoms with Crippen molar-refractivity contribution in [1.29, 1.82) is 0 Å². The molecule has 108 valence electrons. The van der Waals surface area contributed by atoms with Crippen molar-refractivity contribution < 1.29 is 18.4 Å². The van der Waals surface area contributed by atoms with Gasteiger partial charge in [-0.05, 0) is 12.5 Å². The van der Waals surface area contributed by atoms with E-state index in [0.717, 1.165) is 44.2 Å². The number of unbranched alkanes of at least 4 members (excludes halogenated alkanes) is 4. The lowest BCUT2D eigenvalue weighted by Gasteiger charge is -2.16. The minimum absolute atomic E-state index is 0.0394. The molecule has 20 heavy (non-hydrogen) atoms. The molecule has 0 saturated carbocycles. The zero-order chi connectivity index (χ0) is 14.7. The highest BCUT2D eigenvalue weighted by Crippen LogP contribution is 2.31. The van der Waals surface area contributed by atoms with Gasteiger partial charge in [-0.2, -0.15) is 0 Å². The molecule has 2 rings (SSSR count). The molecule has 1 aliphatic rings. The lowest BCUT2D eigenvalue weighted by Crippen LogP contribution is -2.30. The van der Waals surface area contributed by atoms with Gasteiger partial charge in [-0.15, -0.1) is 0 Å². The van der Waals surface area contributed by atoms with Crippen molar-refractivity contribution in [1.82, 2.24) is 0 Å². The molecule has 0 N–H and O–H groups in total. The van der Waals surface area contributed by atoms with Crippen LogP contribution >= 0.6 is 0 Å². The fraction of sp³-hybridized carbons (Fsp3) is 0.467. The smallest absolute Gasteiger partial charge is 0.299 e. The van der Waals surface area contributed by atoms with Gasteiger partial charge in [0.1, 0.15) is 0 Å². The highest BCUT2D eigenvalue weighted by molar-refractivity contribution is 6.52. The maximum Gasteiger partial charge on any atom is 0.299 e. The topological polar surface area (TPSA) is 37.4 Å². The van der Waals surface area contributed by atoms with Gasteiger partial charge in [0.15, 0.2) is 11.6 Å². The number of anilines is 1. The molecule has 0 aromatic heterocycles. The molecule has 0 spiro atoms. The van der Waals surface area contributed by atoms with E-state index in [1.54, 1.807) is 0 Å². The summed E-state index contributed by atoms with van der Waals surface area (Å²) in [5.41, 5.74) is 0.150. The number of hydrogen-bond donors (Lipinski definition) is 0. The van der Waals surface area contributed by atoms with Crippen LogP contribution < -0.4 is 4.90 Å². The molecule has 5 heteroatoms. The monoisotopic (exact) mass is 281 g/mol. The van der Waals surface area contributed by atoms with E-state index in [0.29, 0.717) is 6.54 Å². The van der Waals surface area contributed by atoms with E-state index in [-0.39, 0.29) is 11.3 Å². The number of carbonyl (C=O) groups excluding carboxylic acids is 2. The summed E-state index contributed by atoms with van der Waals surface area (Å²) in [7, 11) is 0. The molecular formula is C15H17F2NO2. The Hall–Kier alpha value is -1.78. The second-order valence-electron chi connectivity index (χ2n) is 4.98. The van der Waals surface area contributed by atoms with Gasteiger partial charge in [0, 0.05) is 12.6 Å². The third kappa shape index (κ3) is 2.71. The summed E-state index contributed by atoms with van der Waals surface area (Å²) < 4.78 is 26.4. The molecule has 0 unspecified atom stereocenters. The molecule has 0 bridgehead atoms. The van der Waals surface area contributed by atoms with Crippen LogP contribution in [0.5, 0.6) is 0 Å². The van der Waals surface area contributed by atoms with Crippen LogP contribution in [0.15, 0.2) is 12.1 Å². The molecule has 0 saturated heterocycles. The molecule has 1 amide bonds. The van der Waals surface area contributed by atoms with Gasteiger partial charge in [-0.3, -0.25) is 9.59 Å². The van der Waals surface area contributed by atoms with Gasteiger partial charge in [-0.25, -0.2) is 8.78 Å². The Morgan fingerprint density at radius 1 is 1.00 bits per heavy atom. The molecule has 0 radical (unpaired) electrons. The van der Waals surface area contributed by atoms with Crippen molar-refractivity contribution in [3.8, 4) is 0 Å². The highest BCUT2D eigenvalue weighted by Gasteiger charge is 2.36. The van der Waals surface area contributed by atoms with Crippen LogP contribution in [0.3, 0.4) is 0 Å². The molecule has 1 heterocycles. The number of halogens is 2. The normalized spacial score (nSPS) is 14.1. The maximum absolute atomic E-state index is 13.3. The standard InChI is InChI=1S/C15H17F2NO2/c1-2-3-4-5-6-7-18-13-9-12(17)11(16)8-10(13)14(19)15(18)20/h8-9H,2-7H2,1H3. The minimum Gasteiger partial charge on any atom is -0.305 e. The number of Topliss-reactive ketones (excluding diaryl/α,β-unsaturated/α-hetero) is 1. The number of fused-ring (bicyclic) bond motifs is 1. The molecular weight excluding hydrogens is 264 g/mol. The predicted molar refractivity (Wildman–Crippen MR) is 71.8 cm³/mol. The number of hydrogen-bond acceptors (Lipinski definition) is 2. The zero-order valence-corrected chi connectivity index (χ0v) is 11.4. The number of ketones is 1. The average Bonchev–Trinajstić information content (AvgIpc) is 2.64. The Morgan fingerprint density at radius 2 is 1.65 bits per heavy atom. The molecule has 1 aromatic rings. The quantitative estimate of drug-likeness (QED) is 0.591. The van der Waals surface area contributed by atoms with Crippen molar-refractivity contribution in [3.63, 3.8) is 0 Å². The molecule has 0 fully saturated rings. The summed E-state index contributed by atoms with van der Waals surface area (Å²) in [6.45, 7) is 2.47. The SMILES string of the molecule is CCCCCCCN1C(=O)C(=O)c2cc(F)c(F)cc21. The summed E-state index contributed by atoms with van der Waals surface area (Å²) in [5, 5.41) is 0. The Labute approximate surface area is 116 Å². The summed E-state index contributed by atoms with van der Waals surface area (Å²) >= 11 is 0. The van der Waals surface area contributed by atoms with Gasteiger partial charge in [0.2, 0.25) is 0 Å². The largest absolute Gasteiger partial charge is 0.305 e. The van der Waals surface area contributed by atoms with Crippen molar-refractivity contribution in [3.05, 3.63) is 29.3 Å². The Balaban J connectivity index is 2.10. The van der Waals surface area contributed by atoms with Crippen molar-refractivity contribution in [2.24, 2.45) is 0 Å². The van der Waals surface area contributed by atoms with E-state index in [1.165, 1.54) is 4.90 Å². The van der Waals surface area contributed by atoms with Crippen LogP contribution in [0.2, 0.25) is 0 Å². The minimum atomic E-state index is -1.10. The average molecular weight is 281 g/mol. The lowest BCUT2D eigenvalue weighted by atomic mass is 10.1. The van der Waals surface area contributed by atoms with E-state index in [9.17, 15) is 18.4 Å². The maximum atomic E-state index is 13.3. The van der Waals surface area contributed by atoms with Crippen LogP contribution in [-0.4, -0.2) is 18.2 Å². The lowest BCUT2D eigenvalue weighted by molar-refractivity contribution is -0.114. The van der Waals surface area contributed by atoms with E-state index in [2.05, 4.69) is 6.92 Å². The first kappa shape index (κ1) is 14.6. The van der Waals surface area contributed by atoms with Crippen LogP contribution in [0.25, 0.3) is 0 Å². The van der Waals surface area contributed by atoms with Gasteiger partial charge in [0.25, 0.3) is 11.7 Å². The molecule has 1 aromatic carbocycles. The number of carbonyl (C=O) groups is 2. The van der Waals surface area contributed by atoms with Crippen LogP contribution in [0.1, 0.15) is 49.4 Å². The van der Waals surface area contributed by atoms with Crippen LogP contribution in [0.4, 0.5) is 14.5 Å². The van der Waals surface area contributed by atoms with E-state index in [4.69, 9.17) is 0 Å². The summed E-state index contributed by atoms with van der Waals surface area (Å²) in [6.07, 6.45) is 5.01. The zero-order valence-electron chi connectivity index (χ0n) is 11.4. The van der Waals surface area contributed by atoms with Crippen LogP contribution in [0, 0.1) is 11.6 Å². The Morgan fingerprint density at radius 3 is 2.35 bits per heavy atom. The fourth-order valence-corrected chi connectivity index (χ4v) is 2.38. The number of benzene rings is 1. The molecule has 3 nitrogen and oxygen atoms in total. The third-order valence-electron chi connectivity index (χ3n) is 3.50. The van der Waals surface area contributed by atoms with Gasteiger partial charge in [-0.1, -0.05) is 32.6 Å². The van der Waals surface area contributed by atoms with Gasteiger partial charge >= 0.3 is 0 Å². The number of rotatable bonds is 6. The highest BCUT2D eigenvalue weighted by atomic mass is 19.2. The van der Waals surface area contributed by atoms with Crippen molar-refractivity contribution >= 4 is 17.4 Å². The molecule has 1 aliphatic heterocycles. The van der Waals surface area contributed by atoms with Crippen molar-refractivity contribution in [2.45, 2.75) is 39.0 Å². The van der Waals surface area contributed by atoms with E-state index in [1.807, 2.05) is 0 Å². The first-order valence-corrected chi connectivity index (χ1v) is 6.91. The van der Waals surface area contributed by atoms with Crippen molar-refractivity contribution in [2.75, 3.05) is 11.4 Å². The first-order valence-electron chi connectivity index (χ1n) is 6.91. The summed E-state index contributed by atoms with van der Waals surface area (Å²) in [4.78, 5) is 24.8. The van der Waals surface area contributed by atoms with Gasteiger partial charge in [0.05, 0.1) is 11.3 Å². The second-order valence-corrected chi connectivity index (χ2v) is 4.98. The second kappa shape index (κ2) is 6.11. The van der Waals surface area contributed by atoms with E-state index >= 15 is 0 Å². The number of amides is 1. The van der Waals surface area contributed by atoms with Crippen LogP contribution in [-0.2, 0) is 4.79 Å². The molecule has 0 aliphatic carbocycles. The fourth-order valence-electron chi connectivity index (χ4n) is 2.38. The molecule has 0 atom stereocenters. The third-order valence-corrected chi connectivity index (χ3v) is 3.50. The predicted octanol–water partition coefficient (Wildman–Crippen LogP) is 3.46.